The van der Waals surface area contributed by atoms with E-state index in [0.717, 1.165) is 12.1 Å². The van der Waals surface area contributed by atoms with Gasteiger partial charge in [0.1, 0.15) is 11.4 Å². The number of hydrogen-bond acceptors (Lipinski definition) is 3. The molecule has 1 aromatic carbocycles. The molecule has 1 aromatic rings. The molecule has 0 spiro atoms. The predicted octanol–water partition coefficient (Wildman–Crippen LogP) is 3.95. The second-order valence-electron chi connectivity index (χ2n) is 3.19. The van der Waals surface area contributed by atoms with Crippen LogP contribution in [0.15, 0.2) is 18.2 Å². The van der Waals surface area contributed by atoms with Gasteiger partial charge in [0.2, 0.25) is 0 Å². The van der Waals surface area contributed by atoms with Gasteiger partial charge < -0.3 is 4.74 Å². The third-order valence-corrected chi connectivity index (χ3v) is 2.88. The van der Waals surface area contributed by atoms with E-state index in [2.05, 4.69) is 15.9 Å². The molecule has 18 heavy (non-hydrogen) atoms. The van der Waals surface area contributed by atoms with Crippen LogP contribution in [0.5, 0.6) is 5.75 Å². The third kappa shape index (κ3) is 4.02. The van der Waals surface area contributed by atoms with E-state index in [9.17, 15) is 23.3 Å². The zero-order chi connectivity index (χ0) is 13.9. The smallest absolute Gasteiger partial charge is 0.404 e. The Bertz CT molecular complexity index is 455. The van der Waals surface area contributed by atoms with Gasteiger partial charge in [0.05, 0.1) is 4.92 Å². The van der Waals surface area contributed by atoms with Crippen LogP contribution >= 0.6 is 27.5 Å². The number of nitro groups is 1. The molecule has 9 heteroatoms. The molecule has 0 heterocycles. The molecule has 0 N–H and O–H groups in total. The van der Waals surface area contributed by atoms with E-state index in [-0.39, 0.29) is 10.8 Å². The van der Waals surface area contributed by atoms with Crippen LogP contribution in [0.3, 0.4) is 0 Å². The Kier molecular flexibility index (Phi) is 4.80. The molecule has 0 bridgehead atoms. The second-order valence-corrected chi connectivity index (χ2v) is 4.73. The van der Waals surface area contributed by atoms with Crippen LogP contribution in [0.4, 0.5) is 18.9 Å². The first kappa shape index (κ1) is 15.0. The summed E-state index contributed by atoms with van der Waals surface area (Å²) in [5.74, 6) is -0.304. The van der Waals surface area contributed by atoms with Crippen LogP contribution in [-0.4, -0.2) is 22.5 Å². The molecule has 0 aliphatic heterocycles. The maximum atomic E-state index is 12.2. The van der Waals surface area contributed by atoms with Crippen molar-refractivity contribution in [1.82, 2.24) is 0 Å². The molecule has 0 amide bonds. The molecule has 1 unspecified atom stereocenters. The molecule has 1 rings (SSSR count). The van der Waals surface area contributed by atoms with Gasteiger partial charge in [0.15, 0.2) is 5.75 Å². The molecule has 0 aliphatic rings. The molecule has 0 radical (unpaired) electrons. The Labute approximate surface area is 113 Å². The minimum Gasteiger partial charge on any atom is -0.485 e. The topological polar surface area (TPSA) is 52.4 Å². The molecule has 1 atom stereocenters. The first-order valence-electron chi connectivity index (χ1n) is 4.49. The van der Waals surface area contributed by atoms with Crippen molar-refractivity contribution in [2.45, 2.75) is 11.0 Å². The van der Waals surface area contributed by atoms with Gasteiger partial charge in [-0.05, 0) is 6.07 Å². The van der Waals surface area contributed by atoms with Crippen molar-refractivity contribution < 1.29 is 22.8 Å². The molecule has 4 nitrogen and oxygen atoms in total. The fraction of sp³-hybridized carbons (Fsp3) is 0.333. The Balaban J connectivity index is 2.84. The highest BCUT2D eigenvalue weighted by Gasteiger charge is 2.38. The van der Waals surface area contributed by atoms with Crippen molar-refractivity contribution >= 4 is 33.2 Å². The summed E-state index contributed by atoms with van der Waals surface area (Å²) in [4.78, 5) is 7.95. The minimum atomic E-state index is -4.49. The van der Waals surface area contributed by atoms with Crippen LogP contribution in [-0.2, 0) is 0 Å². The van der Waals surface area contributed by atoms with Crippen molar-refractivity contribution in [3.63, 3.8) is 0 Å². The maximum absolute atomic E-state index is 12.2. The largest absolute Gasteiger partial charge is 0.485 e. The number of halogens is 5. The van der Waals surface area contributed by atoms with E-state index < -0.39 is 28.2 Å². The van der Waals surface area contributed by atoms with Gasteiger partial charge >= 0.3 is 11.9 Å². The Morgan fingerprint density at radius 1 is 1.50 bits per heavy atom. The van der Waals surface area contributed by atoms with Gasteiger partial charge in [0, 0.05) is 17.2 Å². The van der Waals surface area contributed by atoms with Gasteiger partial charge in [-0.2, -0.15) is 13.2 Å². The summed E-state index contributed by atoms with van der Waals surface area (Å²) in [6.07, 6.45) is -4.49. The lowest BCUT2D eigenvalue weighted by Gasteiger charge is -2.14. The molecular weight excluding hydrogens is 342 g/mol. The number of benzene rings is 1. The Hall–Kier alpha value is -1.02. The normalized spacial score (nSPS) is 13.2. The zero-order valence-corrected chi connectivity index (χ0v) is 10.9. The number of alkyl halides is 4. The highest BCUT2D eigenvalue weighted by Crippen LogP contribution is 2.32. The summed E-state index contributed by atoms with van der Waals surface area (Å²) in [7, 11) is 0. The molecule has 100 valence electrons. The summed E-state index contributed by atoms with van der Waals surface area (Å²) >= 11 is 7.97. The Morgan fingerprint density at radius 2 is 2.11 bits per heavy atom. The van der Waals surface area contributed by atoms with Gasteiger partial charge in [0.25, 0.3) is 0 Å². The standard InChI is InChI=1S/C9H6BrClF3NO3/c10-8(9(12,13)14)4-18-7-3-5(11)1-2-6(7)15(16)17/h1-3,8H,4H2. The van der Waals surface area contributed by atoms with Crippen molar-refractivity contribution in [2.75, 3.05) is 6.61 Å². The summed E-state index contributed by atoms with van der Waals surface area (Å²) in [5.41, 5.74) is -0.443. The molecule has 0 saturated heterocycles. The molecular formula is C9H6BrClF3NO3. The van der Waals surface area contributed by atoms with Crippen LogP contribution in [0.25, 0.3) is 0 Å². The lowest BCUT2D eigenvalue weighted by atomic mass is 10.3. The average Bonchev–Trinajstić information content (AvgIpc) is 2.24. The van der Waals surface area contributed by atoms with E-state index in [4.69, 9.17) is 16.3 Å². The van der Waals surface area contributed by atoms with Crippen molar-refractivity contribution in [2.24, 2.45) is 0 Å². The average molecular weight is 349 g/mol. The molecule has 0 fully saturated rings. The van der Waals surface area contributed by atoms with Crippen molar-refractivity contribution in [3.05, 3.63) is 33.3 Å². The van der Waals surface area contributed by atoms with Crippen LogP contribution < -0.4 is 4.74 Å². The number of ether oxygens (including phenoxy) is 1. The monoisotopic (exact) mass is 347 g/mol. The van der Waals surface area contributed by atoms with Crippen molar-refractivity contribution in [3.8, 4) is 5.75 Å². The van der Waals surface area contributed by atoms with Gasteiger partial charge in [-0.1, -0.05) is 27.5 Å². The second kappa shape index (κ2) is 5.75. The number of rotatable bonds is 4. The van der Waals surface area contributed by atoms with E-state index >= 15 is 0 Å². The van der Waals surface area contributed by atoms with Crippen LogP contribution in [0, 0.1) is 10.1 Å². The van der Waals surface area contributed by atoms with Crippen molar-refractivity contribution in [1.29, 1.82) is 0 Å². The number of nitro benzene ring substituents is 1. The lowest BCUT2D eigenvalue weighted by molar-refractivity contribution is -0.385. The van der Waals surface area contributed by atoms with Gasteiger partial charge in [-0.15, -0.1) is 0 Å². The van der Waals surface area contributed by atoms with E-state index in [1.807, 2.05) is 0 Å². The summed E-state index contributed by atoms with van der Waals surface area (Å²) < 4.78 is 41.4. The van der Waals surface area contributed by atoms with Crippen LogP contribution in [0.2, 0.25) is 5.02 Å². The molecule has 0 aliphatic carbocycles. The first-order chi connectivity index (χ1) is 8.21. The quantitative estimate of drug-likeness (QED) is 0.470. The zero-order valence-electron chi connectivity index (χ0n) is 8.58. The third-order valence-electron chi connectivity index (χ3n) is 1.86. The summed E-state index contributed by atoms with van der Waals surface area (Å²) in [6, 6.07) is 3.41. The van der Waals surface area contributed by atoms with Gasteiger partial charge in [-0.25, -0.2) is 0 Å². The summed E-state index contributed by atoms with van der Waals surface area (Å²) in [6.45, 7) is -0.787. The predicted molar refractivity (Wildman–Crippen MR) is 62.4 cm³/mol. The van der Waals surface area contributed by atoms with Crippen LogP contribution in [0.1, 0.15) is 0 Å². The fourth-order valence-electron chi connectivity index (χ4n) is 1.01. The van der Waals surface area contributed by atoms with E-state index in [1.165, 1.54) is 6.07 Å². The highest BCUT2D eigenvalue weighted by atomic mass is 79.9. The maximum Gasteiger partial charge on any atom is 0.404 e. The number of nitrogens with zero attached hydrogens (tertiary/aromatic N) is 1. The molecule has 0 aromatic heterocycles. The van der Waals surface area contributed by atoms with Gasteiger partial charge in [-0.3, -0.25) is 10.1 Å². The number of hydrogen-bond donors (Lipinski definition) is 0. The minimum absolute atomic E-state index is 0.133. The van der Waals surface area contributed by atoms with E-state index in [1.54, 1.807) is 0 Å². The fourth-order valence-corrected chi connectivity index (χ4v) is 1.31. The van der Waals surface area contributed by atoms with E-state index in [0.29, 0.717) is 0 Å². The highest BCUT2D eigenvalue weighted by molar-refractivity contribution is 9.09. The lowest BCUT2D eigenvalue weighted by Crippen LogP contribution is -2.28. The summed E-state index contributed by atoms with van der Waals surface area (Å²) in [5, 5.41) is 10.8. The Morgan fingerprint density at radius 3 is 2.61 bits per heavy atom. The SMILES string of the molecule is O=[N+]([O-])c1ccc(Cl)cc1OCC(Br)C(F)(F)F. The first-order valence-corrected chi connectivity index (χ1v) is 5.78. The molecule has 0 saturated carbocycles.